The zero-order valence-corrected chi connectivity index (χ0v) is 67.1. The van der Waals surface area contributed by atoms with E-state index in [-0.39, 0.29) is 41.8 Å². The first-order valence-corrected chi connectivity index (χ1v) is 41.2. The molecule has 0 aromatic rings. The van der Waals surface area contributed by atoms with Gasteiger partial charge in [-0.3, -0.25) is 4.79 Å². The van der Waals surface area contributed by atoms with E-state index in [9.17, 15) is 123 Å². The van der Waals surface area contributed by atoms with Crippen molar-refractivity contribution in [3.63, 3.8) is 0 Å². The Balaban J connectivity index is 0.619. The molecule has 680 valence electrons. The van der Waals surface area contributed by atoms with Crippen molar-refractivity contribution < 1.29 is 203 Å². The first-order valence-electron chi connectivity index (χ1n) is 41.2. The van der Waals surface area contributed by atoms with Gasteiger partial charge >= 0.3 is 5.97 Å². The molecular weight excluding hydrogens is 1580 g/mol. The van der Waals surface area contributed by atoms with E-state index >= 15 is 4.79 Å². The lowest BCUT2D eigenvalue weighted by Crippen LogP contribution is -2.67. The van der Waals surface area contributed by atoms with Crippen LogP contribution in [0.3, 0.4) is 0 Å². The van der Waals surface area contributed by atoms with Gasteiger partial charge in [0.05, 0.1) is 70.0 Å². The predicted molar refractivity (Wildman–Crippen MR) is 386 cm³/mol. The van der Waals surface area contributed by atoms with Crippen LogP contribution in [0.1, 0.15) is 120 Å². The second-order valence-corrected chi connectivity index (χ2v) is 36.9. The third-order valence-corrected chi connectivity index (χ3v) is 29.5. The van der Waals surface area contributed by atoms with E-state index in [1.165, 1.54) is 13.8 Å². The Labute approximate surface area is 680 Å². The summed E-state index contributed by atoms with van der Waals surface area (Å²) < 4.78 is 94.2. The highest BCUT2D eigenvalue weighted by atomic mass is 16.8. The van der Waals surface area contributed by atoms with Crippen molar-refractivity contribution in [1.29, 1.82) is 0 Å². The molecule has 5 aliphatic carbocycles. The van der Waals surface area contributed by atoms with Gasteiger partial charge in [0.1, 0.15) is 177 Å². The standard InChI is InChI=1S/C77H126O41/c1-27-40(83)45(88)52(95)65(106-27)115-60-33(21-79)109-63(56(99)50(60)93)104-24-35-43(86)47(90)54(97)68(111-35)114-59-28(2)107-66(58(101)49(59)92)116-61-34(22-80)110-64(57(100)51(61)94)105-25-36-44(87)48(91)55(98)69(112-36)118-71(102)77-17-15-72(3,4)19-30(77)29-9-10-38-73(5)13-12-39(74(6,26-81)37(73)11-14-76(38,8)75(29,7)16-18-77)113-70-62(41(84)31(82)23-103-70)117-67-53(96)46(89)42(85)32(20-78)108-67/h9,27-28,30-70,78-101H,10-26H2,1-8H3. The minimum Gasteiger partial charge on any atom is -0.432 e. The normalized spacial score (nSPS) is 55.0. The van der Waals surface area contributed by atoms with Crippen LogP contribution in [0.4, 0.5) is 0 Å². The Bertz CT molecular complexity index is 3370. The van der Waals surface area contributed by atoms with E-state index in [1.54, 1.807) is 0 Å². The first kappa shape index (κ1) is 93.3. The molecule has 24 N–H and O–H groups in total. The number of aliphatic hydroxyl groups is 24. The number of ether oxygens (including phenoxy) is 16. The van der Waals surface area contributed by atoms with E-state index in [2.05, 4.69) is 40.7 Å². The summed E-state index contributed by atoms with van der Waals surface area (Å²) >= 11 is 0. The Morgan fingerprint density at radius 3 is 1.39 bits per heavy atom. The molecule has 118 heavy (non-hydrogen) atoms. The van der Waals surface area contributed by atoms with Gasteiger partial charge in [0.15, 0.2) is 44.0 Å². The van der Waals surface area contributed by atoms with Gasteiger partial charge in [-0.25, -0.2) is 0 Å². The fraction of sp³-hybridized carbons (Fsp3) is 0.961. The van der Waals surface area contributed by atoms with Gasteiger partial charge in [-0.1, -0.05) is 53.2 Å². The van der Waals surface area contributed by atoms with Crippen molar-refractivity contribution in [1.82, 2.24) is 0 Å². The molecule has 0 aromatic carbocycles. The summed E-state index contributed by atoms with van der Waals surface area (Å²) in [7, 11) is 0. The van der Waals surface area contributed by atoms with Crippen LogP contribution in [0.25, 0.3) is 0 Å². The summed E-state index contributed by atoms with van der Waals surface area (Å²) in [6, 6.07) is 0. The Hall–Kier alpha value is -2.35. The number of aliphatic hydroxyl groups excluding tert-OH is 24. The van der Waals surface area contributed by atoms with Crippen molar-refractivity contribution in [3.05, 3.63) is 11.6 Å². The minimum absolute atomic E-state index is 0.0464. The summed E-state index contributed by atoms with van der Waals surface area (Å²) in [5, 5.41) is 263. The lowest BCUT2D eigenvalue weighted by atomic mass is 9.33. The van der Waals surface area contributed by atoms with Crippen molar-refractivity contribution >= 4 is 5.97 Å². The second kappa shape index (κ2) is 36.1. The number of fused-ring (bicyclic) bond motifs is 7. The zero-order chi connectivity index (χ0) is 86.0. The fourth-order valence-corrected chi connectivity index (χ4v) is 21.9. The lowest BCUT2D eigenvalue weighted by molar-refractivity contribution is -0.381. The average molecular weight is 1710 g/mol. The molecule has 8 aliphatic heterocycles. The number of hydrogen-bond acceptors (Lipinski definition) is 41. The lowest BCUT2D eigenvalue weighted by Gasteiger charge is -2.71. The summed E-state index contributed by atoms with van der Waals surface area (Å²) in [4.78, 5) is 15.5. The van der Waals surface area contributed by atoms with Crippen LogP contribution in [0, 0.1) is 50.2 Å². The van der Waals surface area contributed by atoms with E-state index in [0.29, 0.717) is 64.2 Å². The van der Waals surface area contributed by atoms with Crippen LogP contribution < -0.4 is 0 Å². The zero-order valence-electron chi connectivity index (χ0n) is 67.1. The minimum atomic E-state index is -2.11. The summed E-state index contributed by atoms with van der Waals surface area (Å²) in [5.74, 6) is -1.16. The molecule has 41 heteroatoms. The molecule has 12 fully saturated rings. The Morgan fingerprint density at radius 1 is 0.407 bits per heavy atom. The Kier molecular flexibility index (Phi) is 28.5. The highest BCUT2D eigenvalue weighted by molar-refractivity contribution is 5.79. The smallest absolute Gasteiger partial charge is 0.315 e. The Morgan fingerprint density at radius 2 is 0.847 bits per heavy atom. The molecule has 0 bridgehead atoms. The number of carbonyl (C=O) groups excluding carboxylic acids is 1. The first-order chi connectivity index (χ1) is 55.5. The van der Waals surface area contributed by atoms with Crippen molar-refractivity contribution in [2.24, 2.45) is 50.2 Å². The molecule has 13 rings (SSSR count). The number of hydrogen-bond donors (Lipinski definition) is 24. The van der Waals surface area contributed by atoms with Gasteiger partial charge < -0.3 is 198 Å². The van der Waals surface area contributed by atoms with Crippen molar-refractivity contribution in [2.45, 2.75) is 365 Å². The number of carbonyl (C=O) groups is 1. The monoisotopic (exact) mass is 1710 g/mol. The van der Waals surface area contributed by atoms with E-state index < -0.39 is 306 Å². The second-order valence-electron chi connectivity index (χ2n) is 36.9. The van der Waals surface area contributed by atoms with E-state index in [0.717, 1.165) is 5.57 Å². The molecule has 0 aromatic heterocycles. The molecular formula is C77H126O41. The van der Waals surface area contributed by atoms with Crippen LogP contribution in [-0.4, -0.2) is 420 Å². The molecule has 0 spiro atoms. The summed E-state index contributed by atoms with van der Waals surface area (Å²) in [6.45, 7) is 11.0. The molecule has 48 unspecified atom stereocenters. The molecule has 0 radical (unpaired) electrons. The van der Waals surface area contributed by atoms with Crippen LogP contribution >= 0.6 is 0 Å². The molecule has 48 atom stereocenters. The third kappa shape index (κ3) is 16.6. The predicted octanol–water partition coefficient (Wildman–Crippen LogP) is -9.07. The van der Waals surface area contributed by atoms with Crippen LogP contribution in [0.2, 0.25) is 0 Å². The largest absolute Gasteiger partial charge is 0.432 e. The number of allylic oxidation sites excluding steroid dienone is 2. The van der Waals surface area contributed by atoms with Gasteiger partial charge in [-0.15, -0.1) is 0 Å². The van der Waals surface area contributed by atoms with Crippen LogP contribution in [-0.2, 0) is 80.6 Å². The summed E-state index contributed by atoms with van der Waals surface area (Å²) in [6.07, 6.45) is -61.3. The molecule has 0 amide bonds. The third-order valence-electron chi connectivity index (χ3n) is 29.5. The van der Waals surface area contributed by atoms with E-state index in [1.807, 2.05) is 6.92 Å². The van der Waals surface area contributed by atoms with Gasteiger partial charge in [0.25, 0.3) is 0 Å². The quantitative estimate of drug-likeness (QED) is 0.0272. The highest BCUT2D eigenvalue weighted by Gasteiger charge is 2.71. The number of rotatable bonds is 22. The van der Waals surface area contributed by atoms with Crippen LogP contribution in [0.5, 0.6) is 0 Å². The fourth-order valence-electron chi connectivity index (χ4n) is 21.9. The van der Waals surface area contributed by atoms with Crippen LogP contribution in [0.15, 0.2) is 11.6 Å². The van der Waals surface area contributed by atoms with Gasteiger partial charge in [-0.05, 0) is 117 Å². The molecule has 13 aliphatic rings. The van der Waals surface area contributed by atoms with E-state index in [4.69, 9.17) is 75.8 Å². The maximum atomic E-state index is 15.5. The van der Waals surface area contributed by atoms with Crippen molar-refractivity contribution in [3.8, 4) is 0 Å². The molecule has 8 saturated heterocycles. The molecule has 8 heterocycles. The molecule has 41 nitrogen and oxygen atoms in total. The summed E-state index contributed by atoms with van der Waals surface area (Å²) in [5.41, 5.74) is -2.47. The van der Waals surface area contributed by atoms with Crippen molar-refractivity contribution in [2.75, 3.05) is 46.2 Å². The average Bonchev–Trinajstić information content (AvgIpc) is 0.672. The van der Waals surface area contributed by atoms with Gasteiger partial charge in [0.2, 0.25) is 6.29 Å². The molecule has 4 saturated carbocycles. The highest BCUT2D eigenvalue weighted by Crippen LogP contribution is 2.76. The SMILES string of the molecule is CC1OC(OC2C(CO)OC(OCC3OC(OC4C(C)OC(OC5C(CO)OC(OCC6OC(OC(=O)C78CCC(C)(C)CC7C7=CCC9C%10(C)CCC(OC%11OCC(O)C(O)C%11OC%11OC(CO)C(O)C(O)C%11O)C(C)(CO)C%10CCC9(C)C7(C)CC8)C(O)C(O)C6O)C(O)C5O)C(O)C4O)C(O)C(O)C3O)C(O)C2O)C(O)C(O)C1O. The number of esters is 1. The maximum absolute atomic E-state index is 15.5. The van der Waals surface area contributed by atoms with Gasteiger partial charge in [-0.2, -0.15) is 0 Å². The topological polar surface area (TPSA) is 650 Å². The maximum Gasteiger partial charge on any atom is 0.315 e. The van der Waals surface area contributed by atoms with Gasteiger partial charge in [0, 0.05) is 5.41 Å².